The molecular formula is C12H10BrN3. The second-order valence-electron chi connectivity index (χ2n) is 3.65. The maximum absolute atomic E-state index is 8.91. The van der Waals surface area contributed by atoms with Gasteiger partial charge in [-0.3, -0.25) is 0 Å². The number of benzene rings is 1. The molecule has 0 aliphatic carbocycles. The van der Waals surface area contributed by atoms with Crippen molar-refractivity contribution in [3.8, 4) is 11.8 Å². The summed E-state index contributed by atoms with van der Waals surface area (Å²) in [6, 6.07) is 9.70. The van der Waals surface area contributed by atoms with E-state index in [1.165, 1.54) is 0 Å². The zero-order valence-electron chi connectivity index (χ0n) is 9.03. The maximum Gasteiger partial charge on any atom is 0.0992 e. The molecule has 0 spiro atoms. The van der Waals surface area contributed by atoms with Gasteiger partial charge in [-0.05, 0) is 38.1 Å². The summed E-state index contributed by atoms with van der Waals surface area (Å²) in [6.07, 6.45) is 0. The minimum absolute atomic E-state index is 0.622. The fourth-order valence-electron chi connectivity index (χ4n) is 1.65. The fourth-order valence-corrected chi connectivity index (χ4v) is 2.13. The Kier molecular flexibility index (Phi) is 2.80. The summed E-state index contributed by atoms with van der Waals surface area (Å²) < 4.78 is 2.72. The second-order valence-corrected chi connectivity index (χ2v) is 4.56. The van der Waals surface area contributed by atoms with Gasteiger partial charge in [0.15, 0.2) is 0 Å². The highest BCUT2D eigenvalue weighted by Crippen LogP contribution is 2.19. The van der Waals surface area contributed by atoms with Crippen LogP contribution in [0.3, 0.4) is 0 Å². The molecule has 4 heteroatoms. The van der Waals surface area contributed by atoms with Crippen LogP contribution in [0.2, 0.25) is 0 Å². The standard InChI is InChI=1S/C12H10BrN3/c1-8-3-9(2)16(15-8)12-5-10(7-14)4-11(13)6-12/h3-6H,1-2H3. The van der Waals surface area contributed by atoms with Gasteiger partial charge >= 0.3 is 0 Å². The number of rotatable bonds is 1. The SMILES string of the molecule is Cc1cc(C)n(-c2cc(Br)cc(C#N)c2)n1. The molecule has 1 aromatic heterocycles. The largest absolute Gasteiger partial charge is 0.238 e. The predicted molar refractivity (Wildman–Crippen MR) is 65.5 cm³/mol. The fraction of sp³-hybridized carbons (Fsp3) is 0.167. The monoisotopic (exact) mass is 275 g/mol. The van der Waals surface area contributed by atoms with E-state index < -0.39 is 0 Å². The molecule has 0 unspecified atom stereocenters. The molecule has 0 radical (unpaired) electrons. The van der Waals surface area contributed by atoms with Gasteiger partial charge in [0.05, 0.1) is 23.0 Å². The lowest BCUT2D eigenvalue weighted by molar-refractivity contribution is 0.832. The zero-order valence-corrected chi connectivity index (χ0v) is 10.6. The summed E-state index contributed by atoms with van der Waals surface area (Å²) in [5, 5.41) is 13.3. The molecule has 0 bridgehead atoms. The topological polar surface area (TPSA) is 41.6 Å². The molecule has 0 saturated carbocycles. The van der Waals surface area contributed by atoms with Crippen LogP contribution in [0.15, 0.2) is 28.7 Å². The average molecular weight is 276 g/mol. The highest BCUT2D eigenvalue weighted by molar-refractivity contribution is 9.10. The van der Waals surface area contributed by atoms with Crippen molar-refractivity contribution < 1.29 is 0 Å². The Morgan fingerprint density at radius 2 is 2.00 bits per heavy atom. The predicted octanol–water partition coefficient (Wildman–Crippen LogP) is 3.12. The Labute approximate surface area is 102 Å². The van der Waals surface area contributed by atoms with Crippen LogP contribution in [0.4, 0.5) is 0 Å². The summed E-state index contributed by atoms with van der Waals surface area (Å²) in [6.45, 7) is 3.94. The number of hydrogen-bond donors (Lipinski definition) is 0. The van der Waals surface area contributed by atoms with Crippen LogP contribution in [0.25, 0.3) is 5.69 Å². The van der Waals surface area contributed by atoms with E-state index in [4.69, 9.17) is 5.26 Å². The van der Waals surface area contributed by atoms with Crippen molar-refractivity contribution in [2.45, 2.75) is 13.8 Å². The van der Waals surface area contributed by atoms with E-state index in [2.05, 4.69) is 27.1 Å². The number of hydrogen-bond acceptors (Lipinski definition) is 2. The van der Waals surface area contributed by atoms with Crippen molar-refractivity contribution in [3.05, 3.63) is 45.7 Å². The summed E-state index contributed by atoms with van der Waals surface area (Å²) in [5.74, 6) is 0. The third-order valence-corrected chi connectivity index (χ3v) is 2.72. The number of nitrogens with zero attached hydrogens (tertiary/aromatic N) is 3. The first-order valence-electron chi connectivity index (χ1n) is 4.84. The lowest BCUT2D eigenvalue weighted by atomic mass is 10.2. The quantitative estimate of drug-likeness (QED) is 0.803. The van der Waals surface area contributed by atoms with Crippen LogP contribution in [-0.2, 0) is 0 Å². The first kappa shape index (κ1) is 10.9. The molecule has 0 aliphatic rings. The van der Waals surface area contributed by atoms with Gasteiger partial charge in [-0.15, -0.1) is 0 Å². The van der Waals surface area contributed by atoms with E-state index in [9.17, 15) is 0 Å². The van der Waals surface area contributed by atoms with Gasteiger partial charge < -0.3 is 0 Å². The van der Waals surface area contributed by atoms with Crippen molar-refractivity contribution in [1.29, 1.82) is 5.26 Å². The van der Waals surface area contributed by atoms with E-state index in [1.807, 2.05) is 36.7 Å². The van der Waals surface area contributed by atoms with Crippen molar-refractivity contribution in [3.63, 3.8) is 0 Å². The zero-order chi connectivity index (χ0) is 11.7. The van der Waals surface area contributed by atoms with E-state index >= 15 is 0 Å². The van der Waals surface area contributed by atoms with Gasteiger partial charge in [0.25, 0.3) is 0 Å². The van der Waals surface area contributed by atoms with Crippen molar-refractivity contribution in [2.24, 2.45) is 0 Å². The van der Waals surface area contributed by atoms with E-state index in [0.29, 0.717) is 5.56 Å². The first-order valence-corrected chi connectivity index (χ1v) is 5.64. The van der Waals surface area contributed by atoms with Crippen LogP contribution < -0.4 is 0 Å². The Morgan fingerprint density at radius 3 is 2.56 bits per heavy atom. The summed E-state index contributed by atoms with van der Waals surface area (Å²) in [7, 11) is 0. The normalized spacial score (nSPS) is 10.1. The van der Waals surface area contributed by atoms with Gasteiger partial charge in [0.2, 0.25) is 0 Å². The molecule has 2 aromatic rings. The Bertz CT molecular complexity index is 578. The molecule has 80 valence electrons. The van der Waals surface area contributed by atoms with Crippen molar-refractivity contribution >= 4 is 15.9 Å². The number of aromatic nitrogens is 2. The maximum atomic E-state index is 8.91. The second kappa shape index (κ2) is 4.11. The minimum atomic E-state index is 0.622. The van der Waals surface area contributed by atoms with Gasteiger partial charge in [0.1, 0.15) is 0 Å². The first-order chi connectivity index (χ1) is 7.60. The summed E-state index contributed by atoms with van der Waals surface area (Å²) in [5.41, 5.74) is 3.55. The van der Waals surface area contributed by atoms with E-state index in [0.717, 1.165) is 21.5 Å². The van der Waals surface area contributed by atoms with Gasteiger partial charge in [-0.1, -0.05) is 15.9 Å². The molecule has 0 N–H and O–H groups in total. The van der Waals surface area contributed by atoms with E-state index in [1.54, 1.807) is 6.07 Å². The molecule has 1 heterocycles. The molecule has 16 heavy (non-hydrogen) atoms. The molecule has 0 amide bonds. The average Bonchev–Trinajstić information content (AvgIpc) is 2.57. The summed E-state index contributed by atoms with van der Waals surface area (Å²) >= 11 is 3.39. The number of aryl methyl sites for hydroxylation is 2. The van der Waals surface area contributed by atoms with Gasteiger partial charge in [0, 0.05) is 10.2 Å². The molecule has 0 aliphatic heterocycles. The van der Waals surface area contributed by atoms with Crippen LogP contribution >= 0.6 is 15.9 Å². The van der Waals surface area contributed by atoms with Crippen molar-refractivity contribution in [1.82, 2.24) is 9.78 Å². The highest BCUT2D eigenvalue weighted by atomic mass is 79.9. The smallest absolute Gasteiger partial charge is 0.0992 e. The molecule has 2 rings (SSSR count). The number of halogens is 1. The third-order valence-electron chi connectivity index (χ3n) is 2.27. The minimum Gasteiger partial charge on any atom is -0.238 e. The van der Waals surface area contributed by atoms with Gasteiger partial charge in [-0.2, -0.15) is 10.4 Å². The van der Waals surface area contributed by atoms with E-state index in [-0.39, 0.29) is 0 Å². The van der Waals surface area contributed by atoms with Crippen molar-refractivity contribution in [2.75, 3.05) is 0 Å². The molecule has 3 nitrogen and oxygen atoms in total. The highest BCUT2D eigenvalue weighted by Gasteiger charge is 2.05. The van der Waals surface area contributed by atoms with Crippen LogP contribution in [0.1, 0.15) is 17.0 Å². The Hall–Kier alpha value is -1.60. The Balaban J connectivity index is 2.60. The van der Waals surface area contributed by atoms with Crippen LogP contribution in [0.5, 0.6) is 0 Å². The summed E-state index contributed by atoms with van der Waals surface area (Å²) in [4.78, 5) is 0. The van der Waals surface area contributed by atoms with Crippen LogP contribution in [0, 0.1) is 25.2 Å². The van der Waals surface area contributed by atoms with Crippen LogP contribution in [-0.4, -0.2) is 9.78 Å². The molecule has 1 aromatic carbocycles. The molecule has 0 fully saturated rings. The molecule has 0 saturated heterocycles. The molecular weight excluding hydrogens is 266 g/mol. The molecule has 0 atom stereocenters. The lowest BCUT2D eigenvalue weighted by Crippen LogP contribution is -1.99. The van der Waals surface area contributed by atoms with Gasteiger partial charge in [-0.25, -0.2) is 4.68 Å². The number of nitriles is 1. The Morgan fingerprint density at radius 1 is 1.25 bits per heavy atom. The lowest BCUT2D eigenvalue weighted by Gasteiger charge is -2.05. The third kappa shape index (κ3) is 2.00.